The predicted octanol–water partition coefficient (Wildman–Crippen LogP) is 3.35. The zero-order chi connectivity index (χ0) is 18.2. The molecule has 1 saturated carbocycles. The average Bonchev–Trinajstić information content (AvgIpc) is 3.49. The van der Waals surface area contributed by atoms with Crippen LogP contribution in [-0.4, -0.2) is 31.1 Å². The largest absolute Gasteiger partial charge is 0.494 e. The van der Waals surface area contributed by atoms with Gasteiger partial charge in [-0.15, -0.1) is 0 Å². The van der Waals surface area contributed by atoms with Gasteiger partial charge in [-0.3, -0.25) is 4.99 Å². The van der Waals surface area contributed by atoms with E-state index in [4.69, 9.17) is 9.47 Å². The van der Waals surface area contributed by atoms with Gasteiger partial charge in [0.05, 0.1) is 6.61 Å². The molecule has 2 N–H and O–H groups in total. The maximum atomic E-state index is 5.83. The van der Waals surface area contributed by atoms with Crippen molar-refractivity contribution < 1.29 is 9.47 Å². The topological polar surface area (TPSA) is 67.8 Å². The molecule has 1 aromatic heterocycles. The lowest BCUT2D eigenvalue weighted by molar-refractivity contribution is 0.339. The van der Waals surface area contributed by atoms with Crippen LogP contribution in [0.25, 0.3) is 0 Å². The van der Waals surface area contributed by atoms with E-state index in [1.807, 2.05) is 43.3 Å². The highest BCUT2D eigenvalue weighted by atomic mass is 16.5. The third-order valence-corrected chi connectivity index (χ3v) is 4.10. The summed E-state index contributed by atoms with van der Waals surface area (Å²) in [4.78, 5) is 8.53. The number of nitrogens with one attached hydrogen (secondary N) is 2. The molecule has 1 heterocycles. The molecule has 2 aromatic rings. The van der Waals surface area contributed by atoms with Crippen molar-refractivity contribution in [2.45, 2.75) is 26.3 Å². The fourth-order valence-corrected chi connectivity index (χ4v) is 2.48. The Hall–Kier alpha value is -2.76. The molecule has 0 atom stereocenters. The highest BCUT2D eigenvalue weighted by Crippen LogP contribution is 2.27. The molecule has 1 fully saturated rings. The fraction of sp³-hybridized carbons (Fsp3) is 0.400. The Bertz CT molecular complexity index is 727. The van der Waals surface area contributed by atoms with Crippen LogP contribution in [0.3, 0.4) is 0 Å². The minimum Gasteiger partial charge on any atom is -0.494 e. The Labute approximate surface area is 154 Å². The minimum absolute atomic E-state index is 0.564. The van der Waals surface area contributed by atoms with Gasteiger partial charge in [0.2, 0.25) is 5.88 Å². The Morgan fingerprint density at radius 1 is 1.15 bits per heavy atom. The average molecular weight is 354 g/mol. The first kappa shape index (κ1) is 18.0. The number of hydrogen-bond acceptors (Lipinski definition) is 4. The smallest absolute Gasteiger partial charge is 0.219 e. The Balaban J connectivity index is 1.53. The van der Waals surface area contributed by atoms with Gasteiger partial charge in [0, 0.05) is 32.4 Å². The van der Waals surface area contributed by atoms with E-state index in [9.17, 15) is 0 Å². The Morgan fingerprint density at radius 2 is 1.92 bits per heavy atom. The van der Waals surface area contributed by atoms with Crippen molar-refractivity contribution in [2.75, 3.05) is 20.2 Å². The standard InChI is InChI=1S/C20H26N4O2/c1-3-25-17-6-8-18(9-7-17)26-19-12-16(10-11-22-19)14-24-20(21-2)23-13-15-4-5-15/h6-12,15H,3-5,13-14H2,1-2H3,(H2,21,23,24). The molecule has 1 aliphatic rings. The molecule has 0 radical (unpaired) electrons. The second-order valence-corrected chi connectivity index (χ2v) is 6.26. The molecule has 0 bridgehead atoms. The monoisotopic (exact) mass is 354 g/mol. The molecule has 6 nitrogen and oxygen atoms in total. The summed E-state index contributed by atoms with van der Waals surface area (Å²) < 4.78 is 11.3. The van der Waals surface area contributed by atoms with Crippen LogP contribution < -0.4 is 20.1 Å². The number of ether oxygens (including phenoxy) is 2. The van der Waals surface area contributed by atoms with Crippen LogP contribution in [0.15, 0.2) is 47.6 Å². The molecule has 6 heteroatoms. The summed E-state index contributed by atoms with van der Waals surface area (Å²) in [6, 6.07) is 11.4. The van der Waals surface area contributed by atoms with Crippen molar-refractivity contribution in [3.05, 3.63) is 48.2 Å². The van der Waals surface area contributed by atoms with Crippen LogP contribution in [0.2, 0.25) is 0 Å². The number of hydrogen-bond donors (Lipinski definition) is 2. The summed E-state index contributed by atoms with van der Waals surface area (Å²) in [6.07, 6.45) is 4.39. The third-order valence-electron chi connectivity index (χ3n) is 4.10. The quantitative estimate of drug-likeness (QED) is 0.562. The van der Waals surface area contributed by atoms with Gasteiger partial charge in [-0.05, 0) is 61.6 Å². The maximum Gasteiger partial charge on any atom is 0.219 e. The van der Waals surface area contributed by atoms with Crippen LogP contribution in [0.4, 0.5) is 0 Å². The Kier molecular flexibility index (Phi) is 6.30. The molecule has 26 heavy (non-hydrogen) atoms. The molecular weight excluding hydrogens is 328 g/mol. The van der Waals surface area contributed by atoms with Crippen LogP contribution >= 0.6 is 0 Å². The summed E-state index contributed by atoms with van der Waals surface area (Å²) in [6.45, 7) is 4.26. The van der Waals surface area contributed by atoms with Gasteiger partial charge >= 0.3 is 0 Å². The first-order valence-electron chi connectivity index (χ1n) is 9.07. The van der Waals surface area contributed by atoms with Crippen LogP contribution in [-0.2, 0) is 6.54 Å². The third kappa shape index (κ3) is 5.65. The molecule has 0 amide bonds. The van der Waals surface area contributed by atoms with E-state index in [2.05, 4.69) is 20.6 Å². The van der Waals surface area contributed by atoms with Crippen molar-refractivity contribution in [1.29, 1.82) is 0 Å². The van der Waals surface area contributed by atoms with E-state index in [1.54, 1.807) is 13.2 Å². The maximum absolute atomic E-state index is 5.83. The summed E-state index contributed by atoms with van der Waals surface area (Å²) in [7, 11) is 1.79. The van der Waals surface area contributed by atoms with Crippen molar-refractivity contribution in [3.8, 4) is 17.4 Å². The van der Waals surface area contributed by atoms with Crippen LogP contribution in [0, 0.1) is 5.92 Å². The lowest BCUT2D eigenvalue weighted by atomic mass is 10.2. The van der Waals surface area contributed by atoms with E-state index < -0.39 is 0 Å². The number of nitrogens with zero attached hydrogens (tertiary/aromatic N) is 2. The van der Waals surface area contributed by atoms with Gasteiger partial charge in [0.25, 0.3) is 0 Å². The number of guanidine groups is 1. The van der Waals surface area contributed by atoms with E-state index in [0.29, 0.717) is 19.0 Å². The first-order chi connectivity index (χ1) is 12.8. The highest BCUT2D eigenvalue weighted by molar-refractivity contribution is 5.79. The van der Waals surface area contributed by atoms with E-state index in [-0.39, 0.29) is 0 Å². The summed E-state index contributed by atoms with van der Waals surface area (Å²) in [5, 5.41) is 6.67. The van der Waals surface area contributed by atoms with Crippen LogP contribution in [0.1, 0.15) is 25.3 Å². The number of rotatable bonds is 8. The van der Waals surface area contributed by atoms with Gasteiger partial charge < -0.3 is 20.1 Å². The lowest BCUT2D eigenvalue weighted by Crippen LogP contribution is -2.37. The lowest BCUT2D eigenvalue weighted by Gasteiger charge is -2.12. The molecule has 1 aliphatic carbocycles. The summed E-state index contributed by atoms with van der Waals surface area (Å²) in [5.41, 5.74) is 1.08. The van der Waals surface area contributed by atoms with E-state index >= 15 is 0 Å². The SMILES string of the molecule is CCOc1ccc(Oc2cc(CNC(=NC)NCC3CC3)ccn2)cc1. The number of aliphatic imine (C=N–C) groups is 1. The second kappa shape index (κ2) is 9.08. The van der Waals surface area contributed by atoms with Crippen molar-refractivity contribution in [1.82, 2.24) is 15.6 Å². The highest BCUT2D eigenvalue weighted by Gasteiger charge is 2.20. The molecule has 0 unspecified atom stereocenters. The molecule has 3 rings (SSSR count). The molecule has 0 saturated heterocycles. The number of benzene rings is 1. The molecular formula is C20H26N4O2. The van der Waals surface area contributed by atoms with Gasteiger partial charge in [-0.2, -0.15) is 0 Å². The van der Waals surface area contributed by atoms with E-state index in [1.165, 1.54) is 12.8 Å². The van der Waals surface area contributed by atoms with Gasteiger partial charge in [0.1, 0.15) is 11.5 Å². The fourth-order valence-electron chi connectivity index (χ4n) is 2.48. The van der Waals surface area contributed by atoms with Gasteiger partial charge in [-0.1, -0.05) is 0 Å². The molecule has 0 spiro atoms. The van der Waals surface area contributed by atoms with Crippen molar-refractivity contribution >= 4 is 5.96 Å². The zero-order valence-electron chi connectivity index (χ0n) is 15.4. The molecule has 138 valence electrons. The molecule has 1 aromatic carbocycles. The van der Waals surface area contributed by atoms with Crippen LogP contribution in [0.5, 0.6) is 17.4 Å². The normalized spacial score (nSPS) is 14.0. The zero-order valence-corrected chi connectivity index (χ0v) is 15.4. The molecule has 0 aliphatic heterocycles. The summed E-state index contributed by atoms with van der Waals surface area (Å²) in [5.74, 6) is 3.75. The van der Waals surface area contributed by atoms with Gasteiger partial charge in [-0.25, -0.2) is 4.98 Å². The van der Waals surface area contributed by atoms with Gasteiger partial charge in [0.15, 0.2) is 5.96 Å². The minimum atomic E-state index is 0.564. The first-order valence-corrected chi connectivity index (χ1v) is 9.07. The van der Waals surface area contributed by atoms with E-state index in [0.717, 1.165) is 35.5 Å². The second-order valence-electron chi connectivity index (χ2n) is 6.26. The predicted molar refractivity (Wildman–Crippen MR) is 103 cm³/mol. The summed E-state index contributed by atoms with van der Waals surface area (Å²) >= 11 is 0. The number of pyridine rings is 1. The number of aromatic nitrogens is 1. The Morgan fingerprint density at radius 3 is 2.62 bits per heavy atom. The van der Waals surface area contributed by atoms with Crippen molar-refractivity contribution in [2.24, 2.45) is 10.9 Å². The van der Waals surface area contributed by atoms with Crippen molar-refractivity contribution in [3.63, 3.8) is 0 Å².